The van der Waals surface area contributed by atoms with Crippen molar-refractivity contribution in [1.82, 2.24) is 4.98 Å². The van der Waals surface area contributed by atoms with Crippen LogP contribution in [0.1, 0.15) is 15.9 Å². The van der Waals surface area contributed by atoms with Gasteiger partial charge in [0.05, 0.1) is 19.8 Å². The number of benzene rings is 3. The van der Waals surface area contributed by atoms with E-state index in [-0.39, 0.29) is 5.91 Å². The number of hydrogen-bond donors (Lipinski definition) is 1. The van der Waals surface area contributed by atoms with Crippen LogP contribution in [0.4, 0.5) is 5.69 Å². The highest BCUT2D eigenvalue weighted by Crippen LogP contribution is 2.29. The Balaban J connectivity index is 1.65. The number of oxazole rings is 1. The number of fused-ring (bicyclic) bond motifs is 1. The molecule has 4 rings (SSSR count). The SMILES string of the molecule is COc1ccc(C(=O)Nc2cc(-c3nc4ccccc4o3)ccc2C)c(OC)c1. The van der Waals surface area contributed by atoms with E-state index in [1.165, 1.54) is 7.11 Å². The number of amides is 1. The van der Waals surface area contributed by atoms with E-state index in [1.807, 2.05) is 49.4 Å². The molecule has 0 atom stereocenters. The molecule has 0 aliphatic heterocycles. The second-order valence-corrected chi connectivity index (χ2v) is 6.54. The van der Waals surface area contributed by atoms with Crippen LogP contribution < -0.4 is 14.8 Å². The molecule has 0 saturated heterocycles. The maximum Gasteiger partial charge on any atom is 0.259 e. The van der Waals surface area contributed by atoms with E-state index in [4.69, 9.17) is 13.9 Å². The van der Waals surface area contributed by atoms with Gasteiger partial charge in [-0.2, -0.15) is 0 Å². The van der Waals surface area contributed by atoms with Crippen molar-refractivity contribution in [1.29, 1.82) is 0 Å². The fourth-order valence-corrected chi connectivity index (χ4v) is 3.06. The van der Waals surface area contributed by atoms with Gasteiger partial charge in [-0.05, 0) is 48.9 Å². The summed E-state index contributed by atoms with van der Waals surface area (Å²) in [6.07, 6.45) is 0. The number of aryl methyl sites for hydroxylation is 1. The molecule has 4 aromatic rings. The molecular formula is C23H20N2O4. The van der Waals surface area contributed by atoms with Crippen molar-refractivity contribution in [3.8, 4) is 23.0 Å². The maximum absolute atomic E-state index is 12.9. The zero-order chi connectivity index (χ0) is 20.4. The fourth-order valence-electron chi connectivity index (χ4n) is 3.06. The number of rotatable bonds is 5. The zero-order valence-corrected chi connectivity index (χ0v) is 16.4. The Morgan fingerprint density at radius 3 is 2.59 bits per heavy atom. The highest BCUT2D eigenvalue weighted by molar-refractivity contribution is 6.07. The number of para-hydroxylation sites is 2. The van der Waals surface area contributed by atoms with E-state index in [1.54, 1.807) is 25.3 Å². The molecule has 0 radical (unpaired) electrons. The van der Waals surface area contributed by atoms with Crippen molar-refractivity contribution in [3.63, 3.8) is 0 Å². The summed E-state index contributed by atoms with van der Waals surface area (Å²) in [7, 11) is 3.08. The molecule has 0 bridgehead atoms. The highest BCUT2D eigenvalue weighted by atomic mass is 16.5. The average molecular weight is 388 g/mol. The van der Waals surface area contributed by atoms with Crippen LogP contribution >= 0.6 is 0 Å². The summed E-state index contributed by atoms with van der Waals surface area (Å²) in [5.74, 6) is 1.29. The highest BCUT2D eigenvalue weighted by Gasteiger charge is 2.16. The summed E-state index contributed by atoms with van der Waals surface area (Å²) in [5, 5.41) is 2.95. The van der Waals surface area contributed by atoms with Crippen LogP contribution in [0.15, 0.2) is 65.1 Å². The Bertz CT molecular complexity index is 1160. The Kier molecular flexibility index (Phi) is 4.91. The Hall–Kier alpha value is -3.80. The van der Waals surface area contributed by atoms with Gasteiger partial charge in [-0.15, -0.1) is 0 Å². The number of carbonyl (C=O) groups is 1. The molecule has 1 amide bonds. The van der Waals surface area contributed by atoms with Gasteiger partial charge in [-0.1, -0.05) is 18.2 Å². The third kappa shape index (κ3) is 3.65. The largest absolute Gasteiger partial charge is 0.497 e. The molecule has 0 fully saturated rings. The van der Waals surface area contributed by atoms with Crippen molar-refractivity contribution in [2.45, 2.75) is 6.92 Å². The number of hydrogen-bond acceptors (Lipinski definition) is 5. The summed E-state index contributed by atoms with van der Waals surface area (Å²) in [6.45, 7) is 1.93. The minimum Gasteiger partial charge on any atom is -0.497 e. The minimum absolute atomic E-state index is 0.276. The van der Waals surface area contributed by atoms with Crippen LogP contribution in [0, 0.1) is 6.92 Å². The molecule has 0 saturated carbocycles. The third-order valence-corrected chi connectivity index (χ3v) is 4.68. The van der Waals surface area contributed by atoms with Gasteiger partial charge in [-0.3, -0.25) is 4.79 Å². The zero-order valence-electron chi connectivity index (χ0n) is 16.4. The number of anilines is 1. The average Bonchev–Trinajstić information content (AvgIpc) is 3.19. The maximum atomic E-state index is 12.9. The lowest BCUT2D eigenvalue weighted by molar-refractivity contribution is 0.102. The predicted molar refractivity (Wildman–Crippen MR) is 112 cm³/mol. The second kappa shape index (κ2) is 7.67. The molecule has 6 nitrogen and oxygen atoms in total. The van der Waals surface area contributed by atoms with Crippen molar-refractivity contribution in [2.75, 3.05) is 19.5 Å². The number of ether oxygens (including phenoxy) is 2. The normalized spacial score (nSPS) is 10.7. The molecule has 0 spiro atoms. The van der Waals surface area contributed by atoms with E-state index < -0.39 is 0 Å². The summed E-state index contributed by atoms with van der Waals surface area (Å²) in [5.41, 5.74) is 4.30. The number of aromatic nitrogens is 1. The summed E-state index contributed by atoms with van der Waals surface area (Å²) in [6, 6.07) is 18.4. The lowest BCUT2D eigenvalue weighted by Crippen LogP contribution is -2.14. The second-order valence-electron chi connectivity index (χ2n) is 6.54. The third-order valence-electron chi connectivity index (χ3n) is 4.68. The Labute approximate surface area is 168 Å². The van der Waals surface area contributed by atoms with E-state index in [0.717, 1.165) is 22.2 Å². The van der Waals surface area contributed by atoms with Gasteiger partial charge < -0.3 is 19.2 Å². The lowest BCUT2D eigenvalue weighted by atomic mass is 10.1. The molecule has 1 aromatic heterocycles. The molecule has 3 aromatic carbocycles. The number of methoxy groups -OCH3 is 2. The first-order valence-corrected chi connectivity index (χ1v) is 9.09. The Morgan fingerprint density at radius 2 is 1.83 bits per heavy atom. The quantitative estimate of drug-likeness (QED) is 0.516. The molecular weight excluding hydrogens is 368 g/mol. The van der Waals surface area contributed by atoms with Crippen LogP contribution in [-0.2, 0) is 0 Å². The van der Waals surface area contributed by atoms with E-state index >= 15 is 0 Å². The van der Waals surface area contributed by atoms with Gasteiger partial charge in [0.25, 0.3) is 5.91 Å². The van der Waals surface area contributed by atoms with Gasteiger partial charge in [0, 0.05) is 17.3 Å². The van der Waals surface area contributed by atoms with Crippen molar-refractivity contribution >= 4 is 22.7 Å². The molecule has 6 heteroatoms. The number of nitrogens with zero attached hydrogens (tertiary/aromatic N) is 1. The summed E-state index contributed by atoms with van der Waals surface area (Å²) in [4.78, 5) is 17.4. The summed E-state index contributed by atoms with van der Waals surface area (Å²) < 4.78 is 16.4. The van der Waals surface area contributed by atoms with E-state index in [0.29, 0.717) is 28.6 Å². The van der Waals surface area contributed by atoms with Crippen LogP contribution in [0.5, 0.6) is 11.5 Å². The van der Waals surface area contributed by atoms with Gasteiger partial charge in [0.2, 0.25) is 5.89 Å². The van der Waals surface area contributed by atoms with Crippen LogP contribution in [-0.4, -0.2) is 25.1 Å². The first kappa shape index (κ1) is 18.6. The van der Waals surface area contributed by atoms with Gasteiger partial charge in [0.1, 0.15) is 17.0 Å². The van der Waals surface area contributed by atoms with Gasteiger partial charge in [-0.25, -0.2) is 4.98 Å². The summed E-state index contributed by atoms with van der Waals surface area (Å²) >= 11 is 0. The lowest BCUT2D eigenvalue weighted by Gasteiger charge is -2.13. The van der Waals surface area contributed by atoms with Crippen molar-refractivity contribution in [2.24, 2.45) is 0 Å². The number of carbonyl (C=O) groups excluding carboxylic acids is 1. The molecule has 146 valence electrons. The first-order chi connectivity index (χ1) is 14.1. The molecule has 0 aliphatic carbocycles. The molecule has 29 heavy (non-hydrogen) atoms. The van der Waals surface area contributed by atoms with E-state index in [2.05, 4.69) is 10.3 Å². The van der Waals surface area contributed by atoms with Crippen molar-refractivity contribution < 1.29 is 18.7 Å². The van der Waals surface area contributed by atoms with Crippen LogP contribution in [0.2, 0.25) is 0 Å². The van der Waals surface area contributed by atoms with Crippen LogP contribution in [0.25, 0.3) is 22.6 Å². The predicted octanol–water partition coefficient (Wildman–Crippen LogP) is 5.07. The first-order valence-electron chi connectivity index (χ1n) is 9.09. The number of nitrogens with one attached hydrogen (secondary N) is 1. The monoisotopic (exact) mass is 388 g/mol. The van der Waals surface area contributed by atoms with Gasteiger partial charge >= 0.3 is 0 Å². The standard InChI is InChI=1S/C23H20N2O4/c1-14-8-9-15(23-25-18-6-4-5-7-20(18)29-23)12-19(14)24-22(26)17-11-10-16(27-2)13-21(17)28-3/h4-13H,1-3H3,(H,24,26). The van der Waals surface area contributed by atoms with Crippen LogP contribution in [0.3, 0.4) is 0 Å². The smallest absolute Gasteiger partial charge is 0.259 e. The Morgan fingerprint density at radius 1 is 1.00 bits per heavy atom. The van der Waals surface area contributed by atoms with Gasteiger partial charge in [0.15, 0.2) is 5.58 Å². The molecule has 0 aliphatic rings. The van der Waals surface area contributed by atoms with Crippen molar-refractivity contribution in [3.05, 3.63) is 71.8 Å². The van der Waals surface area contributed by atoms with E-state index in [9.17, 15) is 4.79 Å². The molecule has 0 unspecified atom stereocenters. The molecule has 1 heterocycles. The molecule has 1 N–H and O–H groups in total. The minimum atomic E-state index is -0.276. The fraction of sp³-hybridized carbons (Fsp3) is 0.130. The topological polar surface area (TPSA) is 73.6 Å².